The van der Waals surface area contributed by atoms with Gasteiger partial charge in [0.2, 0.25) is 0 Å². The Hall–Kier alpha value is -7.18. The summed E-state index contributed by atoms with van der Waals surface area (Å²) in [6.07, 6.45) is 7.15. The van der Waals surface area contributed by atoms with E-state index >= 15 is 0 Å². The summed E-state index contributed by atoms with van der Waals surface area (Å²) >= 11 is 0. The van der Waals surface area contributed by atoms with Crippen LogP contribution in [-0.2, 0) is 0 Å². The van der Waals surface area contributed by atoms with Gasteiger partial charge in [-0.2, -0.15) is 0 Å². The maximum Gasteiger partial charge on any atom is 0.0803 e. The van der Waals surface area contributed by atoms with Crippen LogP contribution in [0.3, 0.4) is 0 Å². The summed E-state index contributed by atoms with van der Waals surface area (Å²) in [5, 5.41) is 0. The van der Waals surface area contributed by atoms with Gasteiger partial charge in [0.1, 0.15) is 0 Å². The zero-order chi connectivity index (χ0) is 34.7. The number of rotatable bonds is 6. The highest BCUT2D eigenvalue weighted by atomic mass is 14.8. The summed E-state index contributed by atoms with van der Waals surface area (Å²) in [7, 11) is 0. The molecule has 4 aromatic carbocycles. The minimum atomic E-state index is 0.859. The van der Waals surface area contributed by atoms with Crippen molar-refractivity contribution < 1.29 is 0 Å². The highest BCUT2D eigenvalue weighted by molar-refractivity contribution is 6.22. The van der Waals surface area contributed by atoms with Gasteiger partial charge >= 0.3 is 0 Å². The van der Waals surface area contributed by atoms with E-state index in [4.69, 9.17) is 20.0 Å². The lowest BCUT2D eigenvalue weighted by Crippen LogP contribution is -2.10. The van der Waals surface area contributed by atoms with Crippen LogP contribution in [0, 0.1) is 0 Å². The van der Waals surface area contributed by atoms with Crippen LogP contribution in [0.1, 0.15) is 22.3 Å². The van der Waals surface area contributed by atoms with Crippen molar-refractivity contribution >= 4 is 22.8 Å². The van der Waals surface area contributed by atoms with Gasteiger partial charge in [0.15, 0.2) is 0 Å². The molecule has 6 heteroatoms. The Labute approximate surface area is 301 Å². The molecule has 0 spiro atoms. The molecule has 8 aromatic rings. The van der Waals surface area contributed by atoms with Gasteiger partial charge in [-0.1, -0.05) is 97.1 Å². The monoisotopic (exact) mass is 666 g/mol. The van der Waals surface area contributed by atoms with Crippen LogP contribution in [-0.4, -0.2) is 31.4 Å². The minimum Gasteiger partial charge on any atom is -0.265 e. The van der Waals surface area contributed by atoms with Gasteiger partial charge < -0.3 is 0 Å². The maximum atomic E-state index is 5.35. The molecule has 52 heavy (non-hydrogen) atoms. The Kier molecular flexibility index (Phi) is 8.08. The Morgan fingerprint density at radius 1 is 0.269 bits per heavy atom. The van der Waals surface area contributed by atoms with Gasteiger partial charge in [-0.05, 0) is 60.7 Å². The van der Waals surface area contributed by atoms with E-state index in [1.807, 2.05) is 84.9 Å². The molecule has 0 N–H and O–H groups in total. The third-order valence-electron chi connectivity index (χ3n) is 9.14. The van der Waals surface area contributed by atoms with Crippen LogP contribution >= 0.6 is 0 Å². The van der Waals surface area contributed by atoms with E-state index in [9.17, 15) is 0 Å². The summed E-state index contributed by atoms with van der Waals surface area (Å²) in [4.78, 5) is 28.9. The van der Waals surface area contributed by atoms with Crippen LogP contribution in [0.15, 0.2) is 192 Å². The fourth-order valence-electron chi connectivity index (χ4n) is 6.50. The summed E-state index contributed by atoms with van der Waals surface area (Å²) in [5.41, 5.74) is 15.2. The molecule has 0 fully saturated rings. The molecule has 0 amide bonds. The molecule has 0 unspecified atom stereocenters. The number of hydrogen-bond acceptors (Lipinski definition) is 6. The Morgan fingerprint density at radius 2 is 0.596 bits per heavy atom. The van der Waals surface area contributed by atoms with Crippen LogP contribution < -0.4 is 0 Å². The summed E-state index contributed by atoms with van der Waals surface area (Å²) in [6.45, 7) is 0. The first-order valence-corrected chi connectivity index (χ1v) is 17.1. The van der Waals surface area contributed by atoms with Crippen LogP contribution in [0.25, 0.3) is 45.0 Å². The lowest BCUT2D eigenvalue weighted by Gasteiger charge is -2.18. The number of benzene rings is 4. The smallest absolute Gasteiger partial charge is 0.0803 e. The van der Waals surface area contributed by atoms with Crippen LogP contribution in [0.5, 0.6) is 0 Å². The molecular formula is C46H30N6. The molecule has 0 atom stereocenters. The van der Waals surface area contributed by atoms with Crippen molar-refractivity contribution in [2.45, 2.75) is 0 Å². The number of nitrogens with zero attached hydrogens (tertiary/aromatic N) is 6. The molecule has 244 valence electrons. The van der Waals surface area contributed by atoms with Crippen LogP contribution in [0.4, 0.5) is 11.4 Å². The van der Waals surface area contributed by atoms with Crippen molar-refractivity contribution in [3.63, 3.8) is 0 Å². The first-order chi connectivity index (χ1) is 25.8. The zero-order valence-corrected chi connectivity index (χ0v) is 28.0. The van der Waals surface area contributed by atoms with Crippen molar-refractivity contribution in [2.75, 3.05) is 0 Å². The topological polar surface area (TPSA) is 76.3 Å². The van der Waals surface area contributed by atoms with E-state index in [0.29, 0.717) is 0 Å². The average Bonchev–Trinajstić information content (AvgIpc) is 3.22. The molecule has 0 radical (unpaired) electrons. The molecule has 0 saturated carbocycles. The van der Waals surface area contributed by atoms with Crippen molar-refractivity contribution in [3.05, 3.63) is 205 Å². The van der Waals surface area contributed by atoms with E-state index < -0.39 is 0 Å². The van der Waals surface area contributed by atoms with Gasteiger partial charge in [0.05, 0.1) is 45.6 Å². The van der Waals surface area contributed by atoms with Gasteiger partial charge in [-0.25, -0.2) is 20.0 Å². The standard InChI is InChI=1S/C46H30N6/c1-3-9-43-37(7-1)45(35-19-15-31(16-20-35)39-11-5-13-41(49-39)33-23-27-47-28-24-33)52-44-10-4-2-8-38(44)46(51-43)36-21-17-32(18-22-36)40-12-6-14-42(50-40)34-25-29-48-30-26-34/h1-30H/b45-37?,46-38?,51-43?,51-46-,52-44?,52-45-. The molecule has 4 aromatic heterocycles. The zero-order valence-electron chi connectivity index (χ0n) is 28.0. The average molecular weight is 667 g/mol. The highest BCUT2D eigenvalue weighted by Crippen LogP contribution is 2.34. The summed E-state index contributed by atoms with van der Waals surface area (Å²) in [5.74, 6) is 0. The molecule has 1 aliphatic rings. The fourth-order valence-corrected chi connectivity index (χ4v) is 6.50. The SMILES string of the molecule is c1cc(-c2ccncc2)nc(-c2ccc(/C3=N/c4ccccc4/C(c4ccc(-c5cccc(-c6ccncc6)n5)cc4)=N\c4ccccc43)cc2)c1. The molecule has 1 aliphatic heterocycles. The normalized spacial score (nSPS) is 14.1. The second kappa shape index (κ2) is 13.6. The first-order valence-electron chi connectivity index (χ1n) is 17.1. The van der Waals surface area contributed by atoms with Crippen LogP contribution in [0.2, 0.25) is 0 Å². The van der Waals surface area contributed by atoms with Gasteiger partial charge in [-0.15, -0.1) is 0 Å². The van der Waals surface area contributed by atoms with Crippen molar-refractivity contribution in [1.82, 2.24) is 19.9 Å². The number of fused-ring (bicyclic) bond motifs is 2. The van der Waals surface area contributed by atoms with E-state index in [1.54, 1.807) is 24.8 Å². The predicted octanol–water partition coefficient (Wildman–Crippen LogP) is 10.6. The Morgan fingerprint density at radius 3 is 0.981 bits per heavy atom. The number of para-hydroxylation sites is 2. The highest BCUT2D eigenvalue weighted by Gasteiger charge is 2.20. The van der Waals surface area contributed by atoms with E-state index in [-0.39, 0.29) is 0 Å². The van der Waals surface area contributed by atoms with Gasteiger partial charge in [-0.3, -0.25) is 9.97 Å². The molecule has 6 nitrogen and oxygen atoms in total. The van der Waals surface area contributed by atoms with Crippen molar-refractivity contribution in [3.8, 4) is 45.0 Å². The molecular weight excluding hydrogens is 637 g/mol. The molecule has 0 saturated heterocycles. The lowest BCUT2D eigenvalue weighted by molar-refractivity contribution is 1.29. The molecule has 0 bridgehead atoms. The third-order valence-corrected chi connectivity index (χ3v) is 9.14. The second-order valence-corrected chi connectivity index (χ2v) is 12.4. The molecule has 9 rings (SSSR count). The van der Waals surface area contributed by atoms with Crippen molar-refractivity contribution in [2.24, 2.45) is 9.98 Å². The minimum absolute atomic E-state index is 0.859. The summed E-state index contributed by atoms with van der Waals surface area (Å²) in [6, 6.07) is 53.5. The third kappa shape index (κ3) is 6.10. The van der Waals surface area contributed by atoms with E-state index in [1.165, 1.54) is 0 Å². The molecule has 5 heterocycles. The Balaban J connectivity index is 1.07. The summed E-state index contributed by atoms with van der Waals surface area (Å²) < 4.78 is 0. The van der Waals surface area contributed by atoms with Gasteiger partial charge in [0, 0.05) is 69.3 Å². The predicted molar refractivity (Wildman–Crippen MR) is 209 cm³/mol. The quantitative estimate of drug-likeness (QED) is 0.177. The maximum absolute atomic E-state index is 5.35. The Bertz CT molecular complexity index is 2410. The number of pyridine rings is 4. The van der Waals surface area contributed by atoms with Gasteiger partial charge in [0.25, 0.3) is 0 Å². The number of hydrogen-bond donors (Lipinski definition) is 0. The first kappa shape index (κ1) is 30.8. The van der Waals surface area contributed by atoms with E-state index in [0.717, 1.165) is 90.1 Å². The number of aromatic nitrogens is 4. The van der Waals surface area contributed by atoms with E-state index in [2.05, 4.69) is 82.8 Å². The second-order valence-electron chi connectivity index (χ2n) is 12.4. The lowest BCUT2D eigenvalue weighted by atomic mass is 9.95. The van der Waals surface area contributed by atoms with Crippen molar-refractivity contribution in [1.29, 1.82) is 0 Å². The largest absolute Gasteiger partial charge is 0.265 e. The number of aliphatic imine (C=N–C) groups is 2. The fraction of sp³-hybridized carbons (Fsp3) is 0. The molecule has 0 aliphatic carbocycles.